The van der Waals surface area contributed by atoms with Gasteiger partial charge in [0.1, 0.15) is 0 Å². The Balaban J connectivity index is 2.41. The van der Waals surface area contributed by atoms with Gasteiger partial charge in [-0.05, 0) is 50.3 Å². The number of hydrogen-bond donors (Lipinski definition) is 0. The topological polar surface area (TPSA) is 44.8 Å². The Kier molecular flexibility index (Phi) is 8.71. The Labute approximate surface area is 127 Å². The first kappa shape index (κ1) is 17.7. The summed E-state index contributed by atoms with van der Waals surface area (Å²) in [7, 11) is 3.38. The highest BCUT2D eigenvalue weighted by atomic mass is 16.5. The molecule has 1 atom stereocenters. The summed E-state index contributed by atoms with van der Waals surface area (Å²) >= 11 is 0. The van der Waals surface area contributed by atoms with Crippen LogP contribution in [0.2, 0.25) is 0 Å². The van der Waals surface area contributed by atoms with Crippen LogP contribution in [0.4, 0.5) is 0 Å². The van der Waals surface area contributed by atoms with E-state index in [2.05, 4.69) is 0 Å². The largest absolute Gasteiger partial charge is 0.462 e. The molecule has 21 heavy (non-hydrogen) atoms. The molecule has 0 N–H and O–H groups in total. The fraction of sp³-hybridized carbons (Fsp3) is 0.588. The van der Waals surface area contributed by atoms with Crippen LogP contribution in [0.1, 0.15) is 42.1 Å². The van der Waals surface area contributed by atoms with Gasteiger partial charge in [-0.2, -0.15) is 0 Å². The monoisotopic (exact) mass is 294 g/mol. The molecule has 0 saturated carbocycles. The van der Waals surface area contributed by atoms with Gasteiger partial charge in [-0.3, -0.25) is 0 Å². The molecule has 1 rings (SSSR count). The number of methoxy groups -OCH3 is 2. The molecule has 0 aliphatic carbocycles. The van der Waals surface area contributed by atoms with Crippen molar-refractivity contribution < 1.29 is 19.0 Å². The standard InChI is InChI=1S/C17H26O4/c1-14(20-3)9-10-15-7-6-8-16(13-15)17(18)21-12-5-4-11-19-2/h6-8,13-14H,4-5,9-12H2,1-3H3. The van der Waals surface area contributed by atoms with Gasteiger partial charge >= 0.3 is 5.97 Å². The maximum absolute atomic E-state index is 11.9. The molecule has 0 spiro atoms. The van der Waals surface area contributed by atoms with Gasteiger partial charge in [-0.25, -0.2) is 4.79 Å². The zero-order chi connectivity index (χ0) is 15.5. The van der Waals surface area contributed by atoms with Crippen molar-refractivity contribution in [2.24, 2.45) is 0 Å². The highest BCUT2D eigenvalue weighted by Gasteiger charge is 2.08. The molecule has 0 saturated heterocycles. The first-order valence-corrected chi connectivity index (χ1v) is 7.45. The normalized spacial score (nSPS) is 12.1. The van der Waals surface area contributed by atoms with Crippen LogP contribution >= 0.6 is 0 Å². The van der Waals surface area contributed by atoms with Gasteiger partial charge in [0.05, 0.1) is 18.3 Å². The van der Waals surface area contributed by atoms with Crippen LogP contribution < -0.4 is 0 Å². The van der Waals surface area contributed by atoms with Crippen LogP contribution in [0, 0.1) is 0 Å². The van der Waals surface area contributed by atoms with E-state index >= 15 is 0 Å². The number of benzene rings is 1. The van der Waals surface area contributed by atoms with Crippen molar-refractivity contribution in [3.8, 4) is 0 Å². The molecule has 0 radical (unpaired) electrons. The maximum Gasteiger partial charge on any atom is 0.338 e. The minimum absolute atomic E-state index is 0.224. The fourth-order valence-corrected chi connectivity index (χ4v) is 1.94. The third kappa shape index (κ3) is 7.25. The smallest absolute Gasteiger partial charge is 0.338 e. The van der Waals surface area contributed by atoms with Crippen molar-refractivity contribution >= 4 is 5.97 Å². The van der Waals surface area contributed by atoms with Crippen molar-refractivity contribution in [1.82, 2.24) is 0 Å². The van der Waals surface area contributed by atoms with E-state index in [0.717, 1.165) is 31.2 Å². The van der Waals surface area contributed by atoms with Crippen molar-refractivity contribution in [3.63, 3.8) is 0 Å². The summed E-state index contributed by atoms with van der Waals surface area (Å²) in [5.41, 5.74) is 1.75. The van der Waals surface area contributed by atoms with E-state index in [9.17, 15) is 4.79 Å². The van der Waals surface area contributed by atoms with Gasteiger partial charge in [-0.1, -0.05) is 12.1 Å². The molecular formula is C17H26O4. The molecule has 0 bridgehead atoms. The number of carbonyl (C=O) groups excluding carboxylic acids is 1. The molecule has 1 aromatic carbocycles. The van der Waals surface area contributed by atoms with Gasteiger partial charge < -0.3 is 14.2 Å². The third-order valence-electron chi connectivity index (χ3n) is 3.38. The Bertz CT molecular complexity index is 417. The van der Waals surface area contributed by atoms with Gasteiger partial charge in [-0.15, -0.1) is 0 Å². The van der Waals surface area contributed by atoms with Crippen molar-refractivity contribution in [2.75, 3.05) is 27.4 Å². The van der Waals surface area contributed by atoms with Crippen molar-refractivity contribution in [1.29, 1.82) is 0 Å². The molecule has 0 aliphatic heterocycles. The highest BCUT2D eigenvalue weighted by Crippen LogP contribution is 2.11. The van der Waals surface area contributed by atoms with E-state index in [4.69, 9.17) is 14.2 Å². The summed E-state index contributed by atoms with van der Waals surface area (Å²) in [5, 5.41) is 0. The SMILES string of the molecule is COCCCCOC(=O)c1cccc(CCC(C)OC)c1. The van der Waals surface area contributed by atoms with E-state index in [0.29, 0.717) is 18.8 Å². The lowest BCUT2D eigenvalue weighted by Gasteiger charge is -2.10. The van der Waals surface area contributed by atoms with Crippen LogP contribution in [0.15, 0.2) is 24.3 Å². The average molecular weight is 294 g/mol. The second-order valence-corrected chi connectivity index (χ2v) is 5.12. The molecule has 4 nitrogen and oxygen atoms in total. The predicted octanol–water partition coefficient (Wildman–Crippen LogP) is 3.24. The summed E-state index contributed by atoms with van der Waals surface area (Å²) in [4.78, 5) is 11.9. The number of aryl methyl sites for hydroxylation is 1. The minimum atomic E-state index is -0.256. The fourth-order valence-electron chi connectivity index (χ4n) is 1.94. The van der Waals surface area contributed by atoms with E-state index in [-0.39, 0.29) is 12.1 Å². The Hall–Kier alpha value is -1.39. The quantitative estimate of drug-likeness (QED) is 0.491. The second kappa shape index (κ2) is 10.4. The second-order valence-electron chi connectivity index (χ2n) is 5.12. The zero-order valence-electron chi connectivity index (χ0n) is 13.3. The molecule has 0 amide bonds. The molecule has 1 aromatic rings. The number of carbonyl (C=O) groups is 1. The summed E-state index contributed by atoms with van der Waals surface area (Å²) in [6.07, 6.45) is 3.78. The Morgan fingerprint density at radius 3 is 2.67 bits per heavy atom. The van der Waals surface area contributed by atoms with Crippen LogP contribution in [0.25, 0.3) is 0 Å². The number of hydrogen-bond acceptors (Lipinski definition) is 4. The van der Waals surface area contributed by atoms with Crippen LogP contribution in [0.5, 0.6) is 0 Å². The van der Waals surface area contributed by atoms with Gasteiger partial charge in [0, 0.05) is 20.8 Å². The average Bonchev–Trinajstić information content (AvgIpc) is 2.52. The summed E-state index contributed by atoms with van der Waals surface area (Å²) < 4.78 is 15.4. The molecule has 0 fully saturated rings. The molecule has 0 aliphatic rings. The molecule has 118 valence electrons. The van der Waals surface area contributed by atoms with E-state index in [1.165, 1.54) is 0 Å². The lowest BCUT2D eigenvalue weighted by Crippen LogP contribution is -2.09. The summed E-state index contributed by atoms with van der Waals surface area (Å²) in [6.45, 7) is 3.18. The Morgan fingerprint density at radius 1 is 1.19 bits per heavy atom. The summed E-state index contributed by atoms with van der Waals surface area (Å²) in [6, 6.07) is 7.62. The van der Waals surface area contributed by atoms with Crippen LogP contribution in [-0.4, -0.2) is 39.5 Å². The molecule has 4 heteroatoms. The lowest BCUT2D eigenvalue weighted by molar-refractivity contribution is 0.0489. The summed E-state index contributed by atoms with van der Waals surface area (Å²) in [5.74, 6) is -0.256. The molecule has 0 heterocycles. The van der Waals surface area contributed by atoms with Crippen LogP contribution in [0.3, 0.4) is 0 Å². The third-order valence-corrected chi connectivity index (χ3v) is 3.38. The van der Waals surface area contributed by atoms with Gasteiger partial charge in [0.25, 0.3) is 0 Å². The van der Waals surface area contributed by atoms with E-state index in [1.807, 2.05) is 25.1 Å². The van der Waals surface area contributed by atoms with Crippen molar-refractivity contribution in [3.05, 3.63) is 35.4 Å². The van der Waals surface area contributed by atoms with Crippen LogP contribution in [-0.2, 0) is 20.6 Å². The molecule has 0 aromatic heterocycles. The first-order chi connectivity index (χ1) is 10.2. The number of esters is 1. The van der Waals surface area contributed by atoms with E-state index in [1.54, 1.807) is 20.3 Å². The first-order valence-electron chi connectivity index (χ1n) is 7.45. The van der Waals surface area contributed by atoms with Crippen molar-refractivity contribution in [2.45, 2.75) is 38.7 Å². The lowest BCUT2D eigenvalue weighted by atomic mass is 10.0. The highest BCUT2D eigenvalue weighted by molar-refractivity contribution is 5.89. The predicted molar refractivity (Wildman–Crippen MR) is 82.6 cm³/mol. The van der Waals surface area contributed by atoms with Gasteiger partial charge in [0.2, 0.25) is 0 Å². The number of rotatable bonds is 10. The van der Waals surface area contributed by atoms with E-state index < -0.39 is 0 Å². The minimum Gasteiger partial charge on any atom is -0.462 e. The maximum atomic E-state index is 11.9. The molecule has 1 unspecified atom stereocenters. The Morgan fingerprint density at radius 2 is 1.95 bits per heavy atom. The number of ether oxygens (including phenoxy) is 3. The molecular weight excluding hydrogens is 268 g/mol. The zero-order valence-corrected chi connectivity index (χ0v) is 13.3. The number of unbranched alkanes of at least 4 members (excludes halogenated alkanes) is 1. The van der Waals surface area contributed by atoms with Gasteiger partial charge in [0.15, 0.2) is 0 Å².